The minimum atomic E-state index is -0.638. The number of H-pyrrole nitrogens is 1. The molecule has 0 bridgehead atoms. The molecule has 1 heterocycles. The highest BCUT2D eigenvalue weighted by Crippen LogP contribution is 2.32. The van der Waals surface area contributed by atoms with Crippen molar-refractivity contribution in [2.45, 2.75) is 12.8 Å². The lowest BCUT2D eigenvalue weighted by molar-refractivity contribution is 0.0997. The average molecular weight is 286 g/mol. The van der Waals surface area contributed by atoms with E-state index < -0.39 is 5.91 Å². The van der Waals surface area contributed by atoms with Crippen molar-refractivity contribution in [3.63, 3.8) is 0 Å². The molecule has 6 N–H and O–H groups in total. The fourth-order valence-corrected chi connectivity index (χ4v) is 1.78. The number of rotatable bonds is 3. The van der Waals surface area contributed by atoms with Gasteiger partial charge in [0, 0.05) is 23.4 Å². The third kappa shape index (κ3) is 3.24. The van der Waals surface area contributed by atoms with E-state index in [4.69, 9.17) is 5.73 Å². The summed E-state index contributed by atoms with van der Waals surface area (Å²) in [6, 6.07) is 4.95. The normalized spacial score (nSPS) is 11.0. The van der Waals surface area contributed by atoms with Gasteiger partial charge in [-0.05, 0) is 6.07 Å². The zero-order valence-corrected chi connectivity index (χ0v) is 11.1. The first kappa shape index (κ1) is 16.9. The van der Waals surface area contributed by atoms with E-state index in [2.05, 4.69) is 9.97 Å². The number of nitrogens with one attached hydrogen (secondary N) is 1. The summed E-state index contributed by atoms with van der Waals surface area (Å²) in [5, 5.41) is 9.99. The van der Waals surface area contributed by atoms with Crippen LogP contribution in [0.2, 0.25) is 0 Å². The molecule has 6 nitrogen and oxygen atoms in total. The summed E-state index contributed by atoms with van der Waals surface area (Å²) in [6.45, 7) is 1.91. The summed E-state index contributed by atoms with van der Waals surface area (Å²) in [6.07, 6.45) is 3.25. The highest BCUT2D eigenvalue weighted by Gasteiger charge is 2.17. The fourth-order valence-electron chi connectivity index (χ4n) is 1.78. The summed E-state index contributed by atoms with van der Waals surface area (Å²) in [5.41, 5.74) is 6.82. The quantitative estimate of drug-likeness (QED) is 0.778. The number of aromatic hydroxyl groups is 1. The predicted molar refractivity (Wildman–Crippen MR) is 73.6 cm³/mol. The van der Waals surface area contributed by atoms with Crippen LogP contribution >= 0.6 is 12.4 Å². The Kier molecular flexibility index (Phi) is 6.04. The maximum Gasteiger partial charge on any atom is 0.252 e. The number of aromatic amines is 1. The van der Waals surface area contributed by atoms with Crippen LogP contribution in [0.25, 0.3) is 0 Å². The number of carbonyl (C=O) groups is 1. The molecule has 2 rings (SSSR count). The van der Waals surface area contributed by atoms with Gasteiger partial charge in [0.05, 0.1) is 11.9 Å². The van der Waals surface area contributed by atoms with Gasteiger partial charge in [-0.1, -0.05) is 19.1 Å². The molecule has 1 aromatic heterocycles. The van der Waals surface area contributed by atoms with Gasteiger partial charge in [0.25, 0.3) is 5.91 Å². The second kappa shape index (κ2) is 6.77. The van der Waals surface area contributed by atoms with Gasteiger partial charge in [0.1, 0.15) is 5.75 Å². The lowest BCUT2D eigenvalue weighted by Gasteiger charge is -2.13. The van der Waals surface area contributed by atoms with Crippen molar-refractivity contribution in [1.82, 2.24) is 9.97 Å². The molecule has 2 aromatic rings. The number of halogens is 1. The Morgan fingerprint density at radius 2 is 2.16 bits per heavy atom. The summed E-state index contributed by atoms with van der Waals surface area (Å²) in [5.74, 6) is -0.792. The van der Waals surface area contributed by atoms with Crippen LogP contribution in [-0.2, 0) is 0 Å². The second-order valence-electron chi connectivity index (χ2n) is 3.84. The van der Waals surface area contributed by atoms with Gasteiger partial charge in [-0.15, -0.1) is 12.4 Å². The first-order valence-electron chi connectivity index (χ1n) is 5.21. The standard InChI is InChI=1S/C12H13N3O2.ClH.H2O/c1-7(10-5-14-6-15-10)8-3-2-4-9(11(8)16)12(13)17;;/h2-7,16H,1H3,(H2,13,17)(H,14,15);1H;1H2. The molecule has 0 saturated heterocycles. The van der Waals surface area contributed by atoms with Crippen LogP contribution in [-0.4, -0.2) is 26.5 Å². The van der Waals surface area contributed by atoms with Crippen molar-refractivity contribution in [3.8, 4) is 5.75 Å². The summed E-state index contributed by atoms with van der Waals surface area (Å²) in [7, 11) is 0. The van der Waals surface area contributed by atoms with Crippen molar-refractivity contribution in [3.05, 3.63) is 47.5 Å². The summed E-state index contributed by atoms with van der Waals surface area (Å²) in [4.78, 5) is 18.0. The van der Waals surface area contributed by atoms with Gasteiger partial charge in [-0.2, -0.15) is 0 Å². The van der Waals surface area contributed by atoms with E-state index in [1.165, 1.54) is 6.07 Å². The molecule has 0 aliphatic rings. The van der Waals surface area contributed by atoms with Crippen molar-refractivity contribution < 1.29 is 15.4 Å². The van der Waals surface area contributed by atoms with Crippen LogP contribution < -0.4 is 5.73 Å². The molecule has 104 valence electrons. The van der Waals surface area contributed by atoms with Crippen LogP contribution in [0.4, 0.5) is 0 Å². The van der Waals surface area contributed by atoms with E-state index in [1.54, 1.807) is 24.7 Å². The molecular formula is C12H16ClN3O3. The van der Waals surface area contributed by atoms with E-state index in [0.717, 1.165) is 5.69 Å². The van der Waals surface area contributed by atoms with Gasteiger partial charge in [0.15, 0.2) is 0 Å². The van der Waals surface area contributed by atoms with E-state index in [1.807, 2.05) is 6.92 Å². The number of hydrogen-bond donors (Lipinski definition) is 3. The molecule has 1 atom stereocenters. The molecule has 0 saturated carbocycles. The van der Waals surface area contributed by atoms with E-state index in [9.17, 15) is 9.90 Å². The van der Waals surface area contributed by atoms with Gasteiger partial charge in [-0.25, -0.2) is 4.98 Å². The Labute approximate surface area is 116 Å². The largest absolute Gasteiger partial charge is 0.507 e. The number of para-hydroxylation sites is 1. The highest BCUT2D eigenvalue weighted by atomic mass is 35.5. The third-order valence-corrected chi connectivity index (χ3v) is 2.79. The van der Waals surface area contributed by atoms with E-state index in [-0.39, 0.29) is 35.1 Å². The molecule has 19 heavy (non-hydrogen) atoms. The number of primary amides is 1. The number of carbonyl (C=O) groups excluding carboxylic acids is 1. The molecule has 0 aliphatic carbocycles. The smallest absolute Gasteiger partial charge is 0.252 e. The van der Waals surface area contributed by atoms with Crippen LogP contribution in [0.3, 0.4) is 0 Å². The lowest BCUT2D eigenvalue weighted by atomic mass is 9.95. The number of phenols is 1. The number of nitrogens with two attached hydrogens (primary N) is 1. The van der Waals surface area contributed by atoms with Gasteiger partial charge >= 0.3 is 0 Å². The number of imidazole rings is 1. The Bertz CT molecular complexity index is 543. The van der Waals surface area contributed by atoms with Crippen molar-refractivity contribution in [1.29, 1.82) is 0 Å². The summed E-state index contributed by atoms with van der Waals surface area (Å²) < 4.78 is 0. The number of amides is 1. The maximum atomic E-state index is 11.1. The predicted octanol–water partition coefficient (Wildman–Crippen LogP) is 0.963. The lowest BCUT2D eigenvalue weighted by Crippen LogP contribution is -2.12. The zero-order chi connectivity index (χ0) is 12.4. The molecule has 1 aromatic carbocycles. The first-order chi connectivity index (χ1) is 8.11. The maximum absolute atomic E-state index is 11.1. The monoisotopic (exact) mass is 285 g/mol. The van der Waals surface area contributed by atoms with Gasteiger partial charge in [0.2, 0.25) is 0 Å². The fraction of sp³-hybridized carbons (Fsp3) is 0.167. The molecule has 0 fully saturated rings. The minimum absolute atomic E-state index is 0. The Balaban J connectivity index is 0.00000162. The molecule has 1 unspecified atom stereocenters. The molecule has 0 radical (unpaired) electrons. The van der Waals surface area contributed by atoms with Crippen LogP contribution in [0.1, 0.15) is 34.5 Å². The Hall–Kier alpha value is -2.05. The number of hydrogen-bond acceptors (Lipinski definition) is 3. The van der Waals surface area contributed by atoms with Crippen LogP contribution in [0.15, 0.2) is 30.7 Å². The minimum Gasteiger partial charge on any atom is -0.507 e. The van der Waals surface area contributed by atoms with Crippen LogP contribution in [0.5, 0.6) is 5.75 Å². The van der Waals surface area contributed by atoms with Gasteiger partial charge in [-0.3, -0.25) is 4.79 Å². The third-order valence-electron chi connectivity index (χ3n) is 2.79. The average Bonchev–Trinajstić information content (AvgIpc) is 2.81. The molecule has 0 spiro atoms. The van der Waals surface area contributed by atoms with Crippen LogP contribution in [0, 0.1) is 0 Å². The topological polar surface area (TPSA) is 124 Å². The molecule has 0 aliphatic heterocycles. The van der Waals surface area contributed by atoms with E-state index in [0.29, 0.717) is 5.56 Å². The van der Waals surface area contributed by atoms with Crippen molar-refractivity contribution in [2.24, 2.45) is 5.73 Å². The summed E-state index contributed by atoms with van der Waals surface area (Å²) >= 11 is 0. The zero-order valence-electron chi connectivity index (χ0n) is 10.3. The van der Waals surface area contributed by atoms with Crippen molar-refractivity contribution in [2.75, 3.05) is 0 Å². The SMILES string of the molecule is CC(c1cnc[nH]1)c1cccc(C(N)=O)c1O.Cl.O. The van der Waals surface area contributed by atoms with Crippen molar-refractivity contribution >= 4 is 18.3 Å². The molecule has 1 amide bonds. The van der Waals surface area contributed by atoms with Gasteiger partial charge < -0.3 is 21.3 Å². The highest BCUT2D eigenvalue weighted by molar-refractivity contribution is 5.96. The Morgan fingerprint density at radius 3 is 2.68 bits per heavy atom. The number of benzene rings is 1. The first-order valence-corrected chi connectivity index (χ1v) is 5.21. The molecular weight excluding hydrogens is 270 g/mol. The molecule has 7 heteroatoms. The second-order valence-corrected chi connectivity index (χ2v) is 3.84. The Morgan fingerprint density at radius 1 is 1.47 bits per heavy atom. The number of nitrogens with zero attached hydrogens (tertiary/aromatic N) is 1. The number of aromatic nitrogens is 2. The van der Waals surface area contributed by atoms with E-state index >= 15 is 0 Å².